The summed E-state index contributed by atoms with van der Waals surface area (Å²) in [5.74, 6) is 1.46. The normalized spacial score (nSPS) is 17.3. The number of carbonyl (C=O) groups is 1. The van der Waals surface area contributed by atoms with Gasteiger partial charge in [0.2, 0.25) is 17.7 Å². The van der Waals surface area contributed by atoms with Crippen molar-refractivity contribution in [1.82, 2.24) is 15.5 Å². The molecular formula is C18H24N4O2. The molecule has 0 saturated carbocycles. The Kier molecular flexibility index (Phi) is 4.94. The van der Waals surface area contributed by atoms with Gasteiger partial charge in [-0.15, -0.1) is 10.2 Å². The standard InChI is InChI=1S/C18H24N4O2/c1-4-16-20-21-18(24-16)13(3)19-12(2)14-7-5-8-15(11-14)22-10-6-9-17(22)23/h5,7-8,11-13,19H,4,6,9-10H2,1-3H3. The lowest BCUT2D eigenvalue weighted by atomic mass is 10.1. The summed E-state index contributed by atoms with van der Waals surface area (Å²) < 4.78 is 5.61. The minimum atomic E-state index is -0.0372. The Morgan fingerprint density at radius 3 is 2.79 bits per heavy atom. The number of amides is 1. The van der Waals surface area contributed by atoms with E-state index in [4.69, 9.17) is 4.42 Å². The fraction of sp³-hybridized carbons (Fsp3) is 0.500. The maximum Gasteiger partial charge on any atom is 0.233 e. The Hall–Kier alpha value is -2.21. The molecule has 1 aromatic carbocycles. The van der Waals surface area contributed by atoms with E-state index in [-0.39, 0.29) is 18.0 Å². The van der Waals surface area contributed by atoms with Gasteiger partial charge in [0.25, 0.3) is 0 Å². The minimum absolute atomic E-state index is 0.0372. The fourth-order valence-corrected chi connectivity index (χ4v) is 3.01. The van der Waals surface area contributed by atoms with Gasteiger partial charge < -0.3 is 9.32 Å². The molecule has 2 unspecified atom stereocenters. The van der Waals surface area contributed by atoms with E-state index in [9.17, 15) is 4.79 Å². The van der Waals surface area contributed by atoms with Crippen LogP contribution in [0.2, 0.25) is 0 Å². The van der Waals surface area contributed by atoms with Crippen molar-refractivity contribution in [2.24, 2.45) is 0 Å². The molecule has 128 valence electrons. The third-order valence-corrected chi connectivity index (χ3v) is 4.41. The van der Waals surface area contributed by atoms with Crippen LogP contribution in [0.4, 0.5) is 5.69 Å². The number of rotatable bonds is 6. The zero-order chi connectivity index (χ0) is 17.1. The first-order valence-electron chi connectivity index (χ1n) is 8.57. The highest BCUT2D eigenvalue weighted by Gasteiger charge is 2.22. The lowest BCUT2D eigenvalue weighted by Crippen LogP contribution is -2.25. The van der Waals surface area contributed by atoms with Crippen molar-refractivity contribution in [2.45, 2.75) is 52.1 Å². The van der Waals surface area contributed by atoms with Crippen molar-refractivity contribution in [3.63, 3.8) is 0 Å². The first-order valence-corrected chi connectivity index (χ1v) is 8.57. The molecule has 2 atom stereocenters. The second kappa shape index (κ2) is 7.13. The average Bonchev–Trinajstić information content (AvgIpc) is 3.23. The Bertz CT molecular complexity index is 713. The van der Waals surface area contributed by atoms with Crippen LogP contribution in [0, 0.1) is 0 Å². The van der Waals surface area contributed by atoms with Crippen LogP contribution in [0.25, 0.3) is 0 Å². The molecule has 1 amide bonds. The van der Waals surface area contributed by atoms with E-state index < -0.39 is 0 Å². The molecule has 24 heavy (non-hydrogen) atoms. The number of nitrogens with one attached hydrogen (secondary N) is 1. The van der Waals surface area contributed by atoms with E-state index in [0.29, 0.717) is 18.2 Å². The van der Waals surface area contributed by atoms with Crippen molar-refractivity contribution in [2.75, 3.05) is 11.4 Å². The number of benzene rings is 1. The largest absolute Gasteiger partial charge is 0.424 e. The summed E-state index contributed by atoms with van der Waals surface area (Å²) in [6.45, 7) is 6.90. The number of anilines is 1. The van der Waals surface area contributed by atoms with Gasteiger partial charge in [0, 0.05) is 31.1 Å². The maximum absolute atomic E-state index is 11.9. The Labute approximate surface area is 142 Å². The van der Waals surface area contributed by atoms with Crippen LogP contribution in [0.1, 0.15) is 63.0 Å². The SMILES string of the molecule is CCc1nnc(C(C)NC(C)c2cccc(N3CCCC3=O)c2)o1. The second-order valence-electron chi connectivity index (χ2n) is 6.24. The zero-order valence-corrected chi connectivity index (χ0v) is 14.5. The molecule has 0 spiro atoms. The predicted molar refractivity (Wildman–Crippen MR) is 91.7 cm³/mol. The first kappa shape index (κ1) is 16.6. The molecule has 6 heteroatoms. The molecule has 3 rings (SSSR count). The number of hydrogen-bond donors (Lipinski definition) is 1. The summed E-state index contributed by atoms with van der Waals surface area (Å²) in [4.78, 5) is 13.8. The number of hydrogen-bond acceptors (Lipinski definition) is 5. The highest BCUT2D eigenvalue weighted by molar-refractivity contribution is 5.95. The van der Waals surface area contributed by atoms with Crippen molar-refractivity contribution in [1.29, 1.82) is 0 Å². The zero-order valence-electron chi connectivity index (χ0n) is 14.5. The lowest BCUT2D eigenvalue weighted by Gasteiger charge is -2.21. The van der Waals surface area contributed by atoms with Gasteiger partial charge in [-0.2, -0.15) is 0 Å². The summed E-state index contributed by atoms with van der Waals surface area (Å²) in [5.41, 5.74) is 2.11. The van der Waals surface area contributed by atoms with Gasteiger partial charge in [0.1, 0.15) is 0 Å². The molecule has 1 aliphatic heterocycles. The Morgan fingerprint density at radius 2 is 2.12 bits per heavy atom. The Morgan fingerprint density at radius 1 is 1.29 bits per heavy atom. The van der Waals surface area contributed by atoms with Gasteiger partial charge in [0.15, 0.2) is 0 Å². The molecule has 0 aliphatic carbocycles. The molecule has 1 N–H and O–H groups in total. The van der Waals surface area contributed by atoms with Crippen molar-refractivity contribution in [3.05, 3.63) is 41.6 Å². The average molecular weight is 328 g/mol. The smallest absolute Gasteiger partial charge is 0.233 e. The van der Waals surface area contributed by atoms with Gasteiger partial charge in [-0.05, 0) is 38.0 Å². The number of aromatic nitrogens is 2. The van der Waals surface area contributed by atoms with Crippen LogP contribution in [0.5, 0.6) is 0 Å². The third-order valence-electron chi connectivity index (χ3n) is 4.41. The molecule has 6 nitrogen and oxygen atoms in total. The molecular weight excluding hydrogens is 304 g/mol. The van der Waals surface area contributed by atoms with E-state index in [2.05, 4.69) is 34.6 Å². The van der Waals surface area contributed by atoms with E-state index >= 15 is 0 Å². The van der Waals surface area contributed by atoms with Gasteiger partial charge in [-0.3, -0.25) is 10.1 Å². The first-order chi connectivity index (χ1) is 11.6. The van der Waals surface area contributed by atoms with Crippen LogP contribution in [-0.2, 0) is 11.2 Å². The highest BCUT2D eigenvalue weighted by atomic mass is 16.4. The summed E-state index contributed by atoms with van der Waals surface area (Å²) in [6, 6.07) is 8.22. The monoisotopic (exact) mass is 328 g/mol. The van der Waals surface area contributed by atoms with Gasteiger partial charge >= 0.3 is 0 Å². The molecule has 1 aromatic heterocycles. The highest BCUT2D eigenvalue weighted by Crippen LogP contribution is 2.26. The molecule has 2 aromatic rings. The lowest BCUT2D eigenvalue weighted by molar-refractivity contribution is -0.117. The summed E-state index contributed by atoms with van der Waals surface area (Å²) in [5, 5.41) is 11.6. The van der Waals surface area contributed by atoms with Crippen LogP contribution in [0.15, 0.2) is 28.7 Å². The van der Waals surface area contributed by atoms with E-state index in [0.717, 1.165) is 30.6 Å². The fourth-order valence-electron chi connectivity index (χ4n) is 3.01. The third kappa shape index (κ3) is 3.48. The molecule has 1 saturated heterocycles. The summed E-state index contributed by atoms with van der Waals surface area (Å²) >= 11 is 0. The molecule has 1 fully saturated rings. The molecule has 0 radical (unpaired) electrons. The quantitative estimate of drug-likeness (QED) is 0.882. The summed E-state index contributed by atoms with van der Waals surface area (Å²) in [7, 11) is 0. The maximum atomic E-state index is 11.9. The number of nitrogens with zero attached hydrogens (tertiary/aromatic N) is 3. The predicted octanol–water partition coefficient (Wildman–Crippen LogP) is 3.17. The summed E-state index contributed by atoms with van der Waals surface area (Å²) in [6.07, 6.45) is 2.32. The van der Waals surface area contributed by atoms with Crippen molar-refractivity contribution < 1.29 is 9.21 Å². The molecule has 0 bridgehead atoms. The van der Waals surface area contributed by atoms with Gasteiger partial charge in [-0.25, -0.2) is 0 Å². The van der Waals surface area contributed by atoms with Crippen molar-refractivity contribution >= 4 is 11.6 Å². The van der Waals surface area contributed by atoms with E-state index in [1.165, 1.54) is 0 Å². The van der Waals surface area contributed by atoms with Crippen LogP contribution < -0.4 is 10.2 Å². The van der Waals surface area contributed by atoms with Gasteiger partial charge in [-0.1, -0.05) is 19.1 Å². The minimum Gasteiger partial charge on any atom is -0.424 e. The Balaban J connectivity index is 1.70. The van der Waals surface area contributed by atoms with Crippen LogP contribution >= 0.6 is 0 Å². The topological polar surface area (TPSA) is 71.3 Å². The number of carbonyl (C=O) groups excluding carboxylic acids is 1. The second-order valence-corrected chi connectivity index (χ2v) is 6.24. The number of aryl methyl sites for hydroxylation is 1. The van der Waals surface area contributed by atoms with E-state index in [1.807, 2.05) is 30.9 Å². The van der Waals surface area contributed by atoms with Gasteiger partial charge in [0.05, 0.1) is 6.04 Å². The molecule has 2 heterocycles. The van der Waals surface area contributed by atoms with Crippen LogP contribution in [-0.4, -0.2) is 22.6 Å². The van der Waals surface area contributed by atoms with E-state index in [1.54, 1.807) is 0 Å². The van der Waals surface area contributed by atoms with Crippen LogP contribution in [0.3, 0.4) is 0 Å². The molecule has 1 aliphatic rings. The van der Waals surface area contributed by atoms with Crippen molar-refractivity contribution in [3.8, 4) is 0 Å².